The third-order valence-electron chi connectivity index (χ3n) is 3.26. The first-order chi connectivity index (χ1) is 11.7. The molecule has 3 aromatic rings. The van der Waals surface area contributed by atoms with E-state index in [1.807, 2.05) is 6.92 Å². The maximum absolute atomic E-state index is 13.6. The molecule has 24 heavy (non-hydrogen) atoms. The van der Waals surface area contributed by atoms with Gasteiger partial charge >= 0.3 is 0 Å². The van der Waals surface area contributed by atoms with E-state index < -0.39 is 0 Å². The number of anilines is 3. The van der Waals surface area contributed by atoms with Gasteiger partial charge in [-0.15, -0.1) is 0 Å². The molecule has 2 heterocycles. The number of rotatable bonds is 6. The molecule has 2 N–H and O–H groups in total. The van der Waals surface area contributed by atoms with Crippen LogP contribution in [0.25, 0.3) is 0 Å². The molecular weight excluding hydrogens is 313 g/mol. The van der Waals surface area contributed by atoms with Gasteiger partial charge in [0.05, 0.1) is 18.8 Å². The predicted molar refractivity (Wildman–Crippen MR) is 86.4 cm³/mol. The van der Waals surface area contributed by atoms with Gasteiger partial charge in [0.15, 0.2) is 0 Å². The van der Waals surface area contributed by atoms with Crippen molar-refractivity contribution in [2.24, 2.45) is 0 Å². The predicted octanol–water partition coefficient (Wildman–Crippen LogP) is 2.92. The van der Waals surface area contributed by atoms with Crippen LogP contribution in [0.2, 0.25) is 0 Å². The standard InChI is InChI=1S/C16H16FN5O2/c1-2-23-14-9-11(17)3-4-13(14)22(10-12-6-8-24-21-12)15-5-7-19-16(18)20-15/h3-9H,2,10H2,1H3,(H2,18,19,20). The summed E-state index contributed by atoms with van der Waals surface area (Å²) >= 11 is 0. The number of benzene rings is 1. The lowest BCUT2D eigenvalue weighted by atomic mass is 10.2. The molecule has 0 bridgehead atoms. The number of hydrogen-bond donors (Lipinski definition) is 1. The van der Waals surface area contributed by atoms with E-state index in [1.54, 1.807) is 29.3 Å². The Hall–Kier alpha value is -3.16. The maximum atomic E-state index is 13.6. The summed E-state index contributed by atoms with van der Waals surface area (Å²) in [4.78, 5) is 9.95. The average molecular weight is 329 g/mol. The number of nitrogens with two attached hydrogens (primary N) is 1. The fraction of sp³-hybridized carbons (Fsp3) is 0.188. The molecule has 1 aromatic carbocycles. The van der Waals surface area contributed by atoms with Crippen LogP contribution in [0.3, 0.4) is 0 Å². The SMILES string of the molecule is CCOc1cc(F)ccc1N(Cc1ccon1)c1ccnc(N)n1. The van der Waals surface area contributed by atoms with E-state index in [4.69, 9.17) is 15.0 Å². The lowest BCUT2D eigenvalue weighted by Crippen LogP contribution is -2.19. The summed E-state index contributed by atoms with van der Waals surface area (Å²) in [5.74, 6) is 0.694. The summed E-state index contributed by atoms with van der Waals surface area (Å²) in [6, 6.07) is 7.76. The Morgan fingerprint density at radius 3 is 2.88 bits per heavy atom. The first-order valence-corrected chi connectivity index (χ1v) is 7.35. The van der Waals surface area contributed by atoms with Crippen molar-refractivity contribution < 1.29 is 13.7 Å². The molecule has 7 nitrogen and oxygen atoms in total. The van der Waals surface area contributed by atoms with Crippen LogP contribution in [0.15, 0.2) is 47.3 Å². The topological polar surface area (TPSA) is 90.3 Å². The van der Waals surface area contributed by atoms with E-state index in [9.17, 15) is 4.39 Å². The molecule has 0 aliphatic carbocycles. The zero-order valence-electron chi connectivity index (χ0n) is 13.0. The van der Waals surface area contributed by atoms with Crippen LogP contribution < -0.4 is 15.4 Å². The van der Waals surface area contributed by atoms with Gasteiger partial charge in [0.1, 0.15) is 29.3 Å². The Bertz CT molecular complexity index is 810. The fourth-order valence-electron chi connectivity index (χ4n) is 2.27. The van der Waals surface area contributed by atoms with E-state index in [0.29, 0.717) is 36.1 Å². The van der Waals surface area contributed by atoms with E-state index in [-0.39, 0.29) is 11.8 Å². The minimum Gasteiger partial charge on any atom is -0.492 e. The zero-order valence-corrected chi connectivity index (χ0v) is 13.0. The Labute approximate surface area is 137 Å². The summed E-state index contributed by atoms with van der Waals surface area (Å²) in [5, 5.41) is 3.92. The Balaban J connectivity index is 2.07. The normalized spacial score (nSPS) is 10.6. The van der Waals surface area contributed by atoms with Gasteiger partial charge in [0, 0.05) is 18.3 Å². The molecule has 0 fully saturated rings. The van der Waals surface area contributed by atoms with Gasteiger partial charge in [-0.2, -0.15) is 4.98 Å². The van der Waals surface area contributed by atoms with E-state index in [1.165, 1.54) is 18.4 Å². The molecule has 3 rings (SSSR count). The van der Waals surface area contributed by atoms with E-state index in [0.717, 1.165) is 0 Å². The van der Waals surface area contributed by atoms with Crippen LogP contribution in [0.1, 0.15) is 12.6 Å². The molecular formula is C16H16FN5O2. The Kier molecular flexibility index (Phi) is 4.55. The second kappa shape index (κ2) is 6.95. The van der Waals surface area contributed by atoms with Gasteiger partial charge in [-0.25, -0.2) is 9.37 Å². The molecule has 0 aliphatic heterocycles. The highest BCUT2D eigenvalue weighted by Gasteiger charge is 2.18. The van der Waals surface area contributed by atoms with Crippen LogP contribution in [-0.2, 0) is 6.54 Å². The van der Waals surface area contributed by atoms with Crippen molar-refractivity contribution in [2.45, 2.75) is 13.5 Å². The molecule has 0 spiro atoms. The zero-order chi connectivity index (χ0) is 16.9. The number of nitrogen functional groups attached to an aromatic ring is 1. The van der Waals surface area contributed by atoms with Crippen molar-refractivity contribution in [2.75, 3.05) is 17.2 Å². The lowest BCUT2D eigenvalue weighted by Gasteiger charge is -2.25. The quantitative estimate of drug-likeness (QED) is 0.743. The van der Waals surface area contributed by atoms with Gasteiger partial charge in [-0.1, -0.05) is 5.16 Å². The van der Waals surface area contributed by atoms with Crippen molar-refractivity contribution in [1.29, 1.82) is 0 Å². The van der Waals surface area contributed by atoms with Crippen molar-refractivity contribution >= 4 is 17.5 Å². The van der Waals surface area contributed by atoms with Gasteiger partial charge < -0.3 is 19.9 Å². The second-order valence-electron chi connectivity index (χ2n) is 4.90. The van der Waals surface area contributed by atoms with E-state index >= 15 is 0 Å². The summed E-state index contributed by atoms with van der Waals surface area (Å²) < 4.78 is 24.1. The molecule has 2 aromatic heterocycles. The highest BCUT2D eigenvalue weighted by molar-refractivity contribution is 5.67. The molecule has 0 atom stereocenters. The van der Waals surface area contributed by atoms with Crippen LogP contribution >= 0.6 is 0 Å². The molecule has 0 saturated heterocycles. The van der Waals surface area contributed by atoms with Crippen LogP contribution in [0, 0.1) is 5.82 Å². The number of hydrogen-bond acceptors (Lipinski definition) is 7. The Morgan fingerprint density at radius 1 is 1.29 bits per heavy atom. The molecule has 0 saturated carbocycles. The largest absolute Gasteiger partial charge is 0.492 e. The molecule has 0 aliphatic rings. The minimum absolute atomic E-state index is 0.137. The number of aromatic nitrogens is 3. The van der Waals surface area contributed by atoms with Crippen LogP contribution in [0.4, 0.5) is 21.8 Å². The van der Waals surface area contributed by atoms with Crippen LogP contribution in [0.5, 0.6) is 5.75 Å². The monoisotopic (exact) mass is 329 g/mol. The average Bonchev–Trinajstić information content (AvgIpc) is 3.07. The number of nitrogens with zero attached hydrogens (tertiary/aromatic N) is 4. The lowest BCUT2D eigenvalue weighted by molar-refractivity contribution is 0.338. The van der Waals surface area contributed by atoms with Crippen molar-refractivity contribution in [3.8, 4) is 5.75 Å². The number of halogens is 1. The number of ether oxygens (including phenoxy) is 1. The summed E-state index contributed by atoms with van der Waals surface area (Å²) in [7, 11) is 0. The van der Waals surface area contributed by atoms with Gasteiger partial charge in [-0.3, -0.25) is 0 Å². The molecule has 0 radical (unpaired) electrons. The van der Waals surface area contributed by atoms with Crippen molar-refractivity contribution in [3.63, 3.8) is 0 Å². The summed E-state index contributed by atoms with van der Waals surface area (Å²) in [5.41, 5.74) is 7.01. The molecule has 0 amide bonds. The molecule has 124 valence electrons. The first kappa shape index (κ1) is 15.7. The summed E-state index contributed by atoms with van der Waals surface area (Å²) in [6.07, 6.45) is 3.04. The van der Waals surface area contributed by atoms with E-state index in [2.05, 4.69) is 15.1 Å². The van der Waals surface area contributed by atoms with Crippen molar-refractivity contribution in [1.82, 2.24) is 15.1 Å². The maximum Gasteiger partial charge on any atom is 0.221 e. The van der Waals surface area contributed by atoms with Gasteiger partial charge in [-0.05, 0) is 25.1 Å². The highest BCUT2D eigenvalue weighted by Crippen LogP contribution is 2.35. The third-order valence-corrected chi connectivity index (χ3v) is 3.26. The molecule has 8 heteroatoms. The third kappa shape index (κ3) is 3.43. The van der Waals surface area contributed by atoms with Gasteiger partial charge in [0.25, 0.3) is 0 Å². The Morgan fingerprint density at radius 2 is 2.17 bits per heavy atom. The fourth-order valence-corrected chi connectivity index (χ4v) is 2.27. The second-order valence-corrected chi connectivity index (χ2v) is 4.90. The smallest absolute Gasteiger partial charge is 0.221 e. The summed E-state index contributed by atoms with van der Waals surface area (Å²) in [6.45, 7) is 2.58. The highest BCUT2D eigenvalue weighted by atomic mass is 19.1. The van der Waals surface area contributed by atoms with Gasteiger partial charge in [0.2, 0.25) is 5.95 Å². The molecule has 0 unspecified atom stereocenters. The van der Waals surface area contributed by atoms with Crippen LogP contribution in [-0.4, -0.2) is 21.7 Å². The van der Waals surface area contributed by atoms with Crippen molar-refractivity contribution in [3.05, 3.63) is 54.3 Å². The minimum atomic E-state index is -0.384. The first-order valence-electron chi connectivity index (χ1n) is 7.35.